The fraction of sp³-hybridized carbons (Fsp3) is 0.750. The molecule has 3 atom stereocenters. The molecule has 0 aromatic rings. The summed E-state index contributed by atoms with van der Waals surface area (Å²) >= 11 is 0. The van der Waals surface area contributed by atoms with Crippen molar-refractivity contribution in [3.63, 3.8) is 0 Å². The summed E-state index contributed by atoms with van der Waals surface area (Å²) in [6, 6.07) is 0. The number of hydrogen-bond donors (Lipinski definition) is 1. The van der Waals surface area contributed by atoms with Gasteiger partial charge in [0.05, 0.1) is 0 Å². The normalized spacial score (nSPS) is 28.4. The number of rotatable bonds is 8. The van der Waals surface area contributed by atoms with E-state index in [0.29, 0.717) is 18.3 Å². The molecule has 0 heterocycles. The lowest BCUT2D eigenvalue weighted by atomic mass is 9.95. The summed E-state index contributed by atoms with van der Waals surface area (Å²) in [4.78, 5) is 11.6. The zero-order valence-electron chi connectivity index (χ0n) is 12.0. The second-order valence-electron chi connectivity index (χ2n) is 5.92. The molecule has 1 fully saturated rings. The van der Waals surface area contributed by atoms with E-state index in [-0.39, 0.29) is 5.91 Å². The van der Waals surface area contributed by atoms with Gasteiger partial charge >= 0.3 is 0 Å². The van der Waals surface area contributed by atoms with Crippen LogP contribution in [0.1, 0.15) is 58.3 Å². The van der Waals surface area contributed by atoms with Gasteiger partial charge in [-0.3, -0.25) is 4.79 Å². The van der Waals surface area contributed by atoms with Crippen molar-refractivity contribution in [3.05, 3.63) is 12.2 Å². The summed E-state index contributed by atoms with van der Waals surface area (Å²) in [6.45, 7) is 2.20. The van der Waals surface area contributed by atoms with E-state index in [1.165, 1.54) is 32.1 Å². The van der Waals surface area contributed by atoms with Crippen LogP contribution in [-0.4, -0.2) is 12.1 Å². The Labute approximate surface area is 116 Å². The van der Waals surface area contributed by atoms with Crippen LogP contribution in [0.25, 0.3) is 0 Å². The molecule has 3 heteroatoms. The van der Waals surface area contributed by atoms with Crippen LogP contribution in [0.5, 0.6) is 0 Å². The third kappa shape index (κ3) is 4.48. The molecule has 0 unspecified atom stereocenters. The van der Waals surface area contributed by atoms with Gasteiger partial charge in [-0.15, -0.1) is 0 Å². The first kappa shape index (κ1) is 14.3. The second kappa shape index (κ2) is 7.46. The Hall–Kier alpha value is -1.12. The number of nitrogens with one attached hydrogen (secondary N) is 1. The van der Waals surface area contributed by atoms with Gasteiger partial charge in [-0.05, 0) is 31.1 Å². The second-order valence-corrected chi connectivity index (χ2v) is 5.92. The number of nitrogens with zero attached hydrogens (tertiary/aromatic N) is 1. The topological polar surface area (TPSA) is 41.5 Å². The predicted octanol–water partition coefficient (Wildman–Crippen LogP) is 3.66. The largest absolute Gasteiger partial charge is 0.273 e. The SMILES string of the molecule is CCCCCCCC(=O)N/N=C\[C@@H]1C[C@@H]2C=C[C@H]1C2. The number of hydrazone groups is 1. The fourth-order valence-electron chi connectivity index (χ4n) is 3.14. The van der Waals surface area contributed by atoms with Crippen molar-refractivity contribution >= 4 is 12.1 Å². The predicted molar refractivity (Wildman–Crippen MR) is 78.9 cm³/mol. The van der Waals surface area contributed by atoms with Crippen LogP contribution in [0, 0.1) is 17.8 Å². The van der Waals surface area contributed by atoms with Gasteiger partial charge in [0.1, 0.15) is 0 Å². The van der Waals surface area contributed by atoms with E-state index < -0.39 is 0 Å². The summed E-state index contributed by atoms with van der Waals surface area (Å²) in [5, 5.41) is 4.13. The highest BCUT2D eigenvalue weighted by molar-refractivity contribution is 5.77. The van der Waals surface area contributed by atoms with Crippen molar-refractivity contribution in [2.75, 3.05) is 0 Å². The molecule has 0 spiro atoms. The lowest BCUT2D eigenvalue weighted by Crippen LogP contribution is -2.19. The Morgan fingerprint density at radius 2 is 2.11 bits per heavy atom. The smallest absolute Gasteiger partial charge is 0.240 e. The zero-order chi connectivity index (χ0) is 13.5. The molecule has 1 amide bonds. The highest BCUT2D eigenvalue weighted by atomic mass is 16.2. The minimum Gasteiger partial charge on any atom is -0.273 e. The van der Waals surface area contributed by atoms with Gasteiger partial charge in [-0.25, -0.2) is 5.43 Å². The molecule has 1 N–H and O–H groups in total. The van der Waals surface area contributed by atoms with Crippen LogP contribution in [0.2, 0.25) is 0 Å². The van der Waals surface area contributed by atoms with E-state index >= 15 is 0 Å². The maximum atomic E-state index is 11.6. The van der Waals surface area contributed by atoms with E-state index in [1.807, 2.05) is 6.21 Å². The summed E-state index contributed by atoms with van der Waals surface area (Å²) in [6.07, 6.45) is 15.6. The van der Waals surface area contributed by atoms with Crippen LogP contribution >= 0.6 is 0 Å². The van der Waals surface area contributed by atoms with Gasteiger partial charge in [0, 0.05) is 18.6 Å². The zero-order valence-corrected chi connectivity index (χ0v) is 12.0. The minimum absolute atomic E-state index is 0.0615. The highest BCUT2D eigenvalue weighted by Gasteiger charge is 2.34. The monoisotopic (exact) mass is 262 g/mol. The molecular formula is C16H26N2O. The van der Waals surface area contributed by atoms with Gasteiger partial charge in [0.2, 0.25) is 5.91 Å². The number of unbranched alkanes of at least 4 members (excludes halogenated alkanes) is 4. The average Bonchev–Trinajstić information content (AvgIpc) is 3.01. The molecular weight excluding hydrogens is 236 g/mol. The standard InChI is InChI=1S/C16H26N2O/c1-2-3-4-5-6-7-16(19)18-17-12-15-11-13-8-9-14(15)10-13/h8-9,12-15H,2-7,10-11H2,1H3,(H,18,19)/b17-12-/t13-,14+,15+/m1/s1. The Morgan fingerprint density at radius 1 is 1.26 bits per heavy atom. The Kier molecular flexibility index (Phi) is 5.62. The number of fused-ring (bicyclic) bond motifs is 2. The van der Waals surface area contributed by atoms with E-state index in [4.69, 9.17) is 0 Å². The van der Waals surface area contributed by atoms with Crippen molar-refractivity contribution in [3.8, 4) is 0 Å². The van der Waals surface area contributed by atoms with Gasteiger partial charge in [-0.2, -0.15) is 5.10 Å². The highest BCUT2D eigenvalue weighted by Crippen LogP contribution is 2.42. The van der Waals surface area contributed by atoms with Crippen LogP contribution in [0.4, 0.5) is 0 Å². The van der Waals surface area contributed by atoms with Gasteiger partial charge in [0.15, 0.2) is 0 Å². The third-order valence-electron chi connectivity index (χ3n) is 4.29. The summed E-state index contributed by atoms with van der Waals surface area (Å²) < 4.78 is 0. The molecule has 3 nitrogen and oxygen atoms in total. The molecule has 2 aliphatic rings. The molecule has 0 aromatic carbocycles. The Balaban J connectivity index is 1.55. The van der Waals surface area contributed by atoms with Crippen molar-refractivity contribution in [2.45, 2.75) is 58.3 Å². The van der Waals surface area contributed by atoms with E-state index in [0.717, 1.165) is 18.8 Å². The van der Waals surface area contributed by atoms with E-state index in [9.17, 15) is 4.79 Å². The molecule has 2 bridgehead atoms. The van der Waals surface area contributed by atoms with Crippen LogP contribution in [-0.2, 0) is 4.79 Å². The van der Waals surface area contributed by atoms with E-state index in [1.54, 1.807) is 0 Å². The third-order valence-corrected chi connectivity index (χ3v) is 4.29. The summed E-state index contributed by atoms with van der Waals surface area (Å²) in [5.74, 6) is 2.03. The van der Waals surface area contributed by atoms with E-state index in [2.05, 4.69) is 29.6 Å². The molecule has 0 radical (unpaired) electrons. The van der Waals surface area contributed by atoms with Gasteiger partial charge in [0.25, 0.3) is 0 Å². The molecule has 0 aromatic heterocycles. The molecule has 2 aliphatic carbocycles. The van der Waals surface area contributed by atoms with Crippen molar-refractivity contribution in [1.29, 1.82) is 0 Å². The maximum Gasteiger partial charge on any atom is 0.240 e. The van der Waals surface area contributed by atoms with Crippen LogP contribution in [0.15, 0.2) is 17.3 Å². The number of carbonyl (C=O) groups is 1. The van der Waals surface area contributed by atoms with Crippen molar-refractivity contribution < 1.29 is 4.79 Å². The Morgan fingerprint density at radius 3 is 2.79 bits per heavy atom. The van der Waals surface area contributed by atoms with Gasteiger partial charge in [-0.1, -0.05) is 44.8 Å². The number of carbonyl (C=O) groups excluding carboxylic acids is 1. The number of amides is 1. The first-order valence-corrected chi connectivity index (χ1v) is 7.80. The molecule has 106 valence electrons. The lowest BCUT2D eigenvalue weighted by molar-refractivity contribution is -0.121. The van der Waals surface area contributed by atoms with Crippen LogP contribution < -0.4 is 5.43 Å². The molecule has 2 rings (SSSR count). The summed E-state index contributed by atoms with van der Waals surface area (Å²) in [5.41, 5.74) is 2.67. The summed E-state index contributed by atoms with van der Waals surface area (Å²) in [7, 11) is 0. The molecule has 0 aliphatic heterocycles. The Bertz CT molecular complexity index is 349. The van der Waals surface area contributed by atoms with Crippen molar-refractivity contribution in [1.82, 2.24) is 5.43 Å². The molecule has 0 saturated heterocycles. The first-order valence-electron chi connectivity index (χ1n) is 7.80. The quantitative estimate of drug-likeness (QED) is 0.308. The lowest BCUT2D eigenvalue weighted by Gasteiger charge is -2.11. The molecule has 19 heavy (non-hydrogen) atoms. The fourth-order valence-corrected chi connectivity index (χ4v) is 3.14. The molecule has 1 saturated carbocycles. The number of hydrogen-bond acceptors (Lipinski definition) is 2. The van der Waals surface area contributed by atoms with Crippen LogP contribution in [0.3, 0.4) is 0 Å². The van der Waals surface area contributed by atoms with Gasteiger partial charge < -0.3 is 0 Å². The first-order chi connectivity index (χ1) is 9.29. The number of allylic oxidation sites excluding steroid dienone is 2. The maximum absolute atomic E-state index is 11.6. The minimum atomic E-state index is 0.0615. The average molecular weight is 262 g/mol. The van der Waals surface area contributed by atoms with Crippen molar-refractivity contribution in [2.24, 2.45) is 22.9 Å².